The van der Waals surface area contributed by atoms with Crippen molar-refractivity contribution in [3.63, 3.8) is 0 Å². The van der Waals surface area contributed by atoms with Gasteiger partial charge in [0, 0.05) is 25.3 Å². The molecule has 0 aliphatic carbocycles. The Balaban J connectivity index is 1.58. The number of thiocarbonyl (C=S) groups is 1. The molecule has 2 aromatic carbocycles. The van der Waals surface area contributed by atoms with Gasteiger partial charge in [-0.3, -0.25) is 4.90 Å². The van der Waals surface area contributed by atoms with Crippen molar-refractivity contribution < 1.29 is 9.13 Å². The molecule has 1 saturated heterocycles. The first-order valence-electron chi connectivity index (χ1n) is 10.4. The molecule has 6 heteroatoms. The Morgan fingerprint density at radius 3 is 2.45 bits per heavy atom. The van der Waals surface area contributed by atoms with E-state index in [1.165, 1.54) is 30.5 Å². The molecule has 1 heterocycles. The molecule has 0 saturated carbocycles. The van der Waals surface area contributed by atoms with Gasteiger partial charge in [0.2, 0.25) is 0 Å². The number of nitrogens with zero attached hydrogens (tertiary/aromatic N) is 1. The minimum absolute atomic E-state index is 0.107. The molecule has 1 atom stereocenters. The predicted octanol–water partition coefficient (Wildman–Crippen LogP) is 4.53. The molecule has 4 nitrogen and oxygen atoms in total. The summed E-state index contributed by atoms with van der Waals surface area (Å²) in [6.45, 7) is 5.98. The van der Waals surface area contributed by atoms with Crippen LogP contribution >= 0.6 is 12.2 Å². The monoisotopic (exact) mass is 415 g/mol. The van der Waals surface area contributed by atoms with E-state index in [1.54, 1.807) is 0 Å². The number of nitrogens with one attached hydrogen (secondary N) is 2. The molecule has 3 rings (SSSR count). The van der Waals surface area contributed by atoms with E-state index in [2.05, 4.69) is 46.7 Å². The summed E-state index contributed by atoms with van der Waals surface area (Å²) in [7, 11) is 0. The van der Waals surface area contributed by atoms with E-state index in [4.69, 9.17) is 17.0 Å². The van der Waals surface area contributed by atoms with Gasteiger partial charge < -0.3 is 15.4 Å². The first-order chi connectivity index (χ1) is 14.2. The van der Waals surface area contributed by atoms with Crippen LogP contribution in [0.15, 0.2) is 48.5 Å². The van der Waals surface area contributed by atoms with Gasteiger partial charge in [-0.2, -0.15) is 0 Å². The summed E-state index contributed by atoms with van der Waals surface area (Å²) in [6.07, 6.45) is 3.52. The summed E-state index contributed by atoms with van der Waals surface area (Å²) in [5.41, 5.74) is 3.40. The number of anilines is 1. The van der Waals surface area contributed by atoms with Crippen LogP contribution in [-0.4, -0.2) is 42.9 Å². The molecule has 0 spiro atoms. The van der Waals surface area contributed by atoms with Crippen molar-refractivity contribution in [1.82, 2.24) is 10.2 Å². The smallest absolute Gasteiger partial charge is 0.170 e. The Bertz CT molecular complexity index is 761. The van der Waals surface area contributed by atoms with Crippen LogP contribution in [0.3, 0.4) is 0 Å². The molecule has 0 bridgehead atoms. The molecule has 29 heavy (non-hydrogen) atoms. The first-order valence-corrected chi connectivity index (χ1v) is 10.8. The molecular weight excluding hydrogens is 385 g/mol. The third-order valence-electron chi connectivity index (χ3n) is 5.23. The summed E-state index contributed by atoms with van der Waals surface area (Å²) >= 11 is 5.50. The van der Waals surface area contributed by atoms with Crippen LogP contribution in [0, 0.1) is 5.82 Å². The second kappa shape index (κ2) is 11.2. The number of unbranched alkanes of at least 4 members (excludes halogenated alkanes) is 1. The van der Waals surface area contributed by atoms with Gasteiger partial charge in [-0.1, -0.05) is 37.6 Å². The normalized spacial score (nSPS) is 15.7. The quantitative estimate of drug-likeness (QED) is 0.620. The fraction of sp³-hybridized carbons (Fsp3) is 0.435. The van der Waals surface area contributed by atoms with Gasteiger partial charge in [0.15, 0.2) is 5.11 Å². The van der Waals surface area contributed by atoms with Gasteiger partial charge in [0.1, 0.15) is 5.82 Å². The van der Waals surface area contributed by atoms with Crippen molar-refractivity contribution in [2.75, 3.05) is 38.2 Å². The lowest BCUT2D eigenvalue weighted by Gasteiger charge is -2.35. The Kier molecular flexibility index (Phi) is 8.40. The van der Waals surface area contributed by atoms with Gasteiger partial charge in [-0.15, -0.1) is 0 Å². The number of morpholine rings is 1. The minimum atomic E-state index is -0.220. The summed E-state index contributed by atoms with van der Waals surface area (Å²) in [4.78, 5) is 2.36. The van der Waals surface area contributed by atoms with E-state index in [9.17, 15) is 4.39 Å². The van der Waals surface area contributed by atoms with Gasteiger partial charge in [0.25, 0.3) is 0 Å². The average molecular weight is 416 g/mol. The molecule has 2 aromatic rings. The molecule has 1 aliphatic heterocycles. The van der Waals surface area contributed by atoms with Gasteiger partial charge in [-0.05, 0) is 60.5 Å². The van der Waals surface area contributed by atoms with Crippen LogP contribution in [0.5, 0.6) is 0 Å². The predicted molar refractivity (Wildman–Crippen MR) is 121 cm³/mol. The van der Waals surface area contributed by atoms with E-state index in [0.717, 1.165) is 30.8 Å². The molecule has 0 radical (unpaired) electrons. The summed E-state index contributed by atoms with van der Waals surface area (Å²) in [5.74, 6) is -0.220. The largest absolute Gasteiger partial charge is 0.379 e. The molecular formula is C23H30FN3OS. The highest BCUT2D eigenvalue weighted by molar-refractivity contribution is 7.80. The van der Waals surface area contributed by atoms with E-state index < -0.39 is 0 Å². The van der Waals surface area contributed by atoms with E-state index >= 15 is 0 Å². The Hall–Kier alpha value is -2.02. The number of benzene rings is 2. The maximum absolute atomic E-state index is 13.4. The Morgan fingerprint density at radius 2 is 1.79 bits per heavy atom. The van der Waals surface area contributed by atoms with E-state index in [0.29, 0.717) is 24.9 Å². The SMILES string of the molecule is CCCCc1ccc(NC(=S)NCC(c2ccc(F)cc2)N2CCOCC2)cc1. The summed E-state index contributed by atoms with van der Waals surface area (Å²) in [5, 5.41) is 7.19. The molecule has 0 amide bonds. The Morgan fingerprint density at radius 1 is 1.10 bits per heavy atom. The van der Waals surface area contributed by atoms with Crippen molar-refractivity contribution in [3.8, 4) is 0 Å². The summed E-state index contributed by atoms with van der Waals surface area (Å²) in [6, 6.07) is 15.3. The first kappa shape index (κ1) is 21.7. The zero-order valence-electron chi connectivity index (χ0n) is 17.0. The van der Waals surface area contributed by atoms with Crippen LogP contribution in [0.4, 0.5) is 10.1 Å². The van der Waals surface area contributed by atoms with Crippen LogP contribution in [0.1, 0.15) is 36.9 Å². The fourth-order valence-electron chi connectivity index (χ4n) is 3.53. The highest BCUT2D eigenvalue weighted by Crippen LogP contribution is 2.22. The fourth-order valence-corrected chi connectivity index (χ4v) is 3.73. The minimum Gasteiger partial charge on any atom is -0.379 e. The highest BCUT2D eigenvalue weighted by Gasteiger charge is 2.22. The highest BCUT2D eigenvalue weighted by atomic mass is 32.1. The average Bonchev–Trinajstić information content (AvgIpc) is 2.75. The number of halogens is 1. The number of ether oxygens (including phenoxy) is 1. The maximum atomic E-state index is 13.4. The lowest BCUT2D eigenvalue weighted by atomic mass is 10.0. The number of aryl methyl sites for hydroxylation is 1. The van der Waals surface area contributed by atoms with Crippen molar-refractivity contribution in [3.05, 3.63) is 65.5 Å². The molecule has 0 aromatic heterocycles. The second-order valence-corrected chi connectivity index (χ2v) is 7.76. The van der Waals surface area contributed by atoms with Crippen LogP contribution in [0.25, 0.3) is 0 Å². The number of hydrogen-bond acceptors (Lipinski definition) is 3. The lowest BCUT2D eigenvalue weighted by Crippen LogP contribution is -2.44. The van der Waals surface area contributed by atoms with Crippen molar-refractivity contribution in [2.24, 2.45) is 0 Å². The maximum Gasteiger partial charge on any atom is 0.170 e. The van der Waals surface area contributed by atoms with Crippen LogP contribution in [-0.2, 0) is 11.2 Å². The van der Waals surface area contributed by atoms with Gasteiger partial charge in [0.05, 0.1) is 19.3 Å². The van der Waals surface area contributed by atoms with Crippen molar-refractivity contribution in [1.29, 1.82) is 0 Å². The topological polar surface area (TPSA) is 36.5 Å². The van der Waals surface area contributed by atoms with Crippen molar-refractivity contribution in [2.45, 2.75) is 32.2 Å². The molecule has 1 unspecified atom stereocenters. The molecule has 1 fully saturated rings. The molecule has 156 valence electrons. The molecule has 2 N–H and O–H groups in total. The number of hydrogen-bond donors (Lipinski definition) is 2. The molecule has 1 aliphatic rings. The lowest BCUT2D eigenvalue weighted by molar-refractivity contribution is 0.0170. The Labute approximate surface area is 178 Å². The van der Waals surface area contributed by atoms with E-state index in [-0.39, 0.29) is 11.9 Å². The zero-order chi connectivity index (χ0) is 20.5. The summed E-state index contributed by atoms with van der Waals surface area (Å²) < 4.78 is 18.8. The van der Waals surface area contributed by atoms with E-state index in [1.807, 2.05) is 12.1 Å². The van der Waals surface area contributed by atoms with Gasteiger partial charge >= 0.3 is 0 Å². The third kappa shape index (κ3) is 6.77. The van der Waals surface area contributed by atoms with Crippen LogP contribution in [0.2, 0.25) is 0 Å². The zero-order valence-corrected chi connectivity index (χ0v) is 17.8. The van der Waals surface area contributed by atoms with Crippen molar-refractivity contribution >= 4 is 23.0 Å². The number of rotatable bonds is 8. The van der Waals surface area contributed by atoms with Gasteiger partial charge in [-0.25, -0.2) is 4.39 Å². The third-order valence-corrected chi connectivity index (χ3v) is 5.47. The second-order valence-electron chi connectivity index (χ2n) is 7.35. The van der Waals surface area contributed by atoms with Crippen LogP contribution < -0.4 is 10.6 Å². The standard InChI is InChI=1S/C23H30FN3OS/c1-2-3-4-18-5-11-21(12-6-18)26-23(29)25-17-22(27-13-15-28-16-14-27)19-7-9-20(24)10-8-19/h5-12,22H,2-4,13-17H2,1H3,(H2,25,26,29).